The van der Waals surface area contributed by atoms with Crippen LogP contribution in [0.3, 0.4) is 0 Å². The minimum atomic E-state index is -0.742. The van der Waals surface area contributed by atoms with Crippen LogP contribution in [0.2, 0.25) is 0 Å². The zero-order valence-corrected chi connectivity index (χ0v) is 10.8. The molecule has 0 saturated carbocycles. The summed E-state index contributed by atoms with van der Waals surface area (Å²) in [6.45, 7) is 4.90. The normalized spacial score (nSPS) is 20.2. The first-order valence-electron chi connectivity index (χ1n) is 5.58. The standard InChI is InChI=1S/C11H21N3O2/c1-11(2)9(15)13(10(16)12-11)7-6-8-14(3,4)5/h6-8H2,1-5H3/p+1. The van der Waals surface area contributed by atoms with Crippen LogP contribution < -0.4 is 5.32 Å². The molecule has 0 aromatic rings. The van der Waals surface area contributed by atoms with Crippen molar-refractivity contribution in [2.75, 3.05) is 34.2 Å². The lowest BCUT2D eigenvalue weighted by Crippen LogP contribution is -2.41. The third-order valence-corrected chi connectivity index (χ3v) is 2.66. The minimum absolute atomic E-state index is 0.126. The topological polar surface area (TPSA) is 49.4 Å². The second-order valence-corrected chi connectivity index (χ2v) is 5.88. The summed E-state index contributed by atoms with van der Waals surface area (Å²) in [5.41, 5.74) is -0.742. The smallest absolute Gasteiger partial charge is 0.325 e. The number of quaternary nitrogens is 1. The molecule has 3 amide bonds. The van der Waals surface area contributed by atoms with E-state index >= 15 is 0 Å². The fourth-order valence-electron chi connectivity index (χ4n) is 1.72. The van der Waals surface area contributed by atoms with Crippen LogP contribution in [0.5, 0.6) is 0 Å². The highest BCUT2D eigenvalue weighted by Gasteiger charge is 2.43. The number of imide groups is 1. The van der Waals surface area contributed by atoms with Crippen LogP contribution in [-0.2, 0) is 4.79 Å². The van der Waals surface area contributed by atoms with Crippen LogP contribution in [0.25, 0.3) is 0 Å². The lowest BCUT2D eigenvalue weighted by Gasteiger charge is -2.24. The van der Waals surface area contributed by atoms with Gasteiger partial charge in [0.1, 0.15) is 5.54 Å². The highest BCUT2D eigenvalue weighted by atomic mass is 16.2. The highest BCUT2D eigenvalue weighted by Crippen LogP contribution is 2.16. The van der Waals surface area contributed by atoms with Crippen LogP contribution in [0.1, 0.15) is 20.3 Å². The van der Waals surface area contributed by atoms with Gasteiger partial charge in [0.05, 0.1) is 27.7 Å². The Kier molecular flexibility index (Phi) is 3.28. The van der Waals surface area contributed by atoms with E-state index in [4.69, 9.17) is 0 Å². The third-order valence-electron chi connectivity index (χ3n) is 2.66. The van der Waals surface area contributed by atoms with Crippen molar-refractivity contribution in [1.82, 2.24) is 10.2 Å². The van der Waals surface area contributed by atoms with E-state index in [1.165, 1.54) is 4.90 Å². The molecule has 0 aromatic heterocycles. The molecule has 0 aromatic carbocycles. The van der Waals surface area contributed by atoms with Crippen molar-refractivity contribution in [3.8, 4) is 0 Å². The molecule has 0 bridgehead atoms. The van der Waals surface area contributed by atoms with Gasteiger partial charge in [0.2, 0.25) is 0 Å². The van der Waals surface area contributed by atoms with Gasteiger partial charge in [-0.2, -0.15) is 0 Å². The molecule has 0 spiro atoms. The molecule has 16 heavy (non-hydrogen) atoms. The second-order valence-electron chi connectivity index (χ2n) is 5.88. The molecule has 1 aliphatic rings. The molecule has 1 fully saturated rings. The van der Waals surface area contributed by atoms with Gasteiger partial charge in [-0.05, 0) is 13.8 Å². The summed E-state index contributed by atoms with van der Waals surface area (Å²) in [5.74, 6) is -0.126. The van der Waals surface area contributed by atoms with Crippen molar-refractivity contribution < 1.29 is 14.1 Å². The van der Waals surface area contributed by atoms with Gasteiger partial charge < -0.3 is 9.80 Å². The van der Waals surface area contributed by atoms with Crippen molar-refractivity contribution in [1.29, 1.82) is 0 Å². The van der Waals surface area contributed by atoms with Gasteiger partial charge in [-0.15, -0.1) is 0 Å². The van der Waals surface area contributed by atoms with E-state index in [1.54, 1.807) is 13.8 Å². The van der Waals surface area contributed by atoms with Crippen LogP contribution in [-0.4, -0.2) is 61.1 Å². The van der Waals surface area contributed by atoms with Crippen LogP contribution in [0.4, 0.5) is 4.79 Å². The van der Waals surface area contributed by atoms with Crippen molar-refractivity contribution in [2.45, 2.75) is 25.8 Å². The average molecular weight is 228 g/mol. The van der Waals surface area contributed by atoms with Gasteiger partial charge in [0.15, 0.2) is 0 Å². The molecule has 0 unspecified atom stereocenters. The van der Waals surface area contributed by atoms with Crippen LogP contribution in [0, 0.1) is 0 Å². The van der Waals surface area contributed by atoms with E-state index in [9.17, 15) is 9.59 Å². The van der Waals surface area contributed by atoms with Crippen molar-refractivity contribution in [3.05, 3.63) is 0 Å². The molecule has 5 heteroatoms. The molecule has 0 aliphatic carbocycles. The molecular weight excluding hydrogens is 206 g/mol. The van der Waals surface area contributed by atoms with Crippen molar-refractivity contribution in [3.63, 3.8) is 0 Å². The Balaban J connectivity index is 2.50. The van der Waals surface area contributed by atoms with E-state index in [0.717, 1.165) is 17.4 Å². The first-order valence-corrected chi connectivity index (χ1v) is 5.58. The molecule has 0 radical (unpaired) electrons. The van der Waals surface area contributed by atoms with E-state index in [0.29, 0.717) is 6.54 Å². The highest BCUT2D eigenvalue weighted by molar-refractivity contribution is 6.06. The van der Waals surface area contributed by atoms with Crippen molar-refractivity contribution in [2.24, 2.45) is 0 Å². The number of hydrogen-bond donors (Lipinski definition) is 1. The number of amides is 3. The SMILES string of the molecule is CC1(C)NC(=O)N(CCC[N+](C)(C)C)C1=O. The van der Waals surface area contributed by atoms with Gasteiger partial charge in [-0.3, -0.25) is 9.69 Å². The number of urea groups is 1. The molecule has 5 nitrogen and oxygen atoms in total. The minimum Gasteiger partial charge on any atom is -0.331 e. The van der Waals surface area contributed by atoms with Gasteiger partial charge in [-0.25, -0.2) is 4.79 Å². The van der Waals surface area contributed by atoms with Gasteiger partial charge in [-0.1, -0.05) is 0 Å². The van der Waals surface area contributed by atoms with Crippen LogP contribution >= 0.6 is 0 Å². The summed E-state index contributed by atoms with van der Waals surface area (Å²) in [7, 11) is 6.28. The zero-order valence-electron chi connectivity index (χ0n) is 10.8. The van der Waals surface area contributed by atoms with Crippen LogP contribution in [0.15, 0.2) is 0 Å². The maximum absolute atomic E-state index is 11.8. The number of hydrogen-bond acceptors (Lipinski definition) is 2. The van der Waals surface area contributed by atoms with Gasteiger partial charge in [0, 0.05) is 13.0 Å². The number of nitrogens with one attached hydrogen (secondary N) is 1. The molecule has 1 aliphatic heterocycles. The Bertz CT molecular complexity index is 305. The lowest BCUT2D eigenvalue weighted by atomic mass is 10.1. The van der Waals surface area contributed by atoms with Crippen molar-refractivity contribution >= 4 is 11.9 Å². The predicted octanol–water partition coefficient (Wildman–Crippen LogP) is 0.413. The quantitative estimate of drug-likeness (QED) is 0.560. The summed E-state index contributed by atoms with van der Waals surface area (Å²) < 4.78 is 0.840. The largest absolute Gasteiger partial charge is 0.331 e. The Morgan fingerprint density at radius 1 is 1.25 bits per heavy atom. The molecule has 1 heterocycles. The van der Waals surface area contributed by atoms with E-state index in [-0.39, 0.29) is 11.9 Å². The maximum atomic E-state index is 11.8. The molecular formula is C11H22N3O2+. The number of carbonyl (C=O) groups is 2. The van der Waals surface area contributed by atoms with E-state index < -0.39 is 5.54 Å². The summed E-state index contributed by atoms with van der Waals surface area (Å²) in [5, 5.41) is 2.67. The first kappa shape index (κ1) is 13.0. The fraction of sp³-hybridized carbons (Fsp3) is 0.818. The van der Waals surface area contributed by atoms with Gasteiger partial charge >= 0.3 is 6.03 Å². The predicted molar refractivity (Wildman–Crippen MR) is 61.8 cm³/mol. The van der Waals surface area contributed by atoms with Gasteiger partial charge in [0.25, 0.3) is 5.91 Å². The summed E-state index contributed by atoms with van der Waals surface area (Å²) in [6, 6.07) is -0.267. The summed E-state index contributed by atoms with van der Waals surface area (Å²) in [4.78, 5) is 24.7. The Morgan fingerprint density at radius 2 is 1.81 bits per heavy atom. The number of nitrogens with zero attached hydrogens (tertiary/aromatic N) is 2. The molecule has 0 atom stereocenters. The average Bonchev–Trinajstić information content (AvgIpc) is 2.25. The molecule has 1 N–H and O–H groups in total. The second kappa shape index (κ2) is 4.05. The lowest BCUT2D eigenvalue weighted by molar-refractivity contribution is -0.870. The summed E-state index contributed by atoms with van der Waals surface area (Å²) >= 11 is 0. The molecule has 1 saturated heterocycles. The number of rotatable bonds is 4. The third kappa shape index (κ3) is 2.95. The maximum Gasteiger partial charge on any atom is 0.325 e. The Hall–Kier alpha value is -1.10. The Morgan fingerprint density at radius 3 is 2.19 bits per heavy atom. The first-order chi connectivity index (χ1) is 7.13. The Labute approximate surface area is 97.0 Å². The number of carbonyl (C=O) groups excluding carboxylic acids is 2. The monoisotopic (exact) mass is 228 g/mol. The van der Waals surface area contributed by atoms with E-state index in [1.807, 2.05) is 0 Å². The molecule has 92 valence electrons. The van der Waals surface area contributed by atoms with E-state index in [2.05, 4.69) is 26.5 Å². The fourth-order valence-corrected chi connectivity index (χ4v) is 1.72. The summed E-state index contributed by atoms with van der Waals surface area (Å²) in [6.07, 6.45) is 0.832. The zero-order chi connectivity index (χ0) is 12.6. The molecule has 1 rings (SSSR count).